The van der Waals surface area contributed by atoms with Gasteiger partial charge in [0.05, 0.1) is 35.9 Å². The average molecular weight is 461 g/mol. The third-order valence-corrected chi connectivity index (χ3v) is 5.78. The van der Waals surface area contributed by atoms with Crippen molar-refractivity contribution in [1.29, 1.82) is 0 Å². The number of rotatable bonds is 8. The maximum atomic E-state index is 13.0. The van der Waals surface area contributed by atoms with Crippen molar-refractivity contribution in [3.8, 4) is 17.2 Å². The molecule has 1 heterocycles. The van der Waals surface area contributed by atoms with Crippen LogP contribution in [-0.2, 0) is 4.79 Å². The Bertz CT molecular complexity index is 1010. The molecular formula is C23H25ClN2O4S. The van der Waals surface area contributed by atoms with Crippen molar-refractivity contribution in [2.75, 3.05) is 26.9 Å². The topological polar surface area (TPSA) is 60.4 Å². The van der Waals surface area contributed by atoms with Crippen LogP contribution in [0.3, 0.4) is 0 Å². The molecule has 1 amide bonds. The summed E-state index contributed by atoms with van der Waals surface area (Å²) < 4.78 is 16.4. The van der Waals surface area contributed by atoms with Gasteiger partial charge in [0.25, 0.3) is 5.91 Å². The third-order valence-electron chi connectivity index (χ3n) is 4.45. The molecule has 31 heavy (non-hydrogen) atoms. The van der Waals surface area contributed by atoms with Crippen LogP contribution in [-0.4, -0.2) is 42.8 Å². The Hall–Kier alpha value is -2.64. The van der Waals surface area contributed by atoms with Gasteiger partial charge in [-0.05, 0) is 74.5 Å². The first kappa shape index (κ1) is 23.0. The highest BCUT2D eigenvalue weighted by Crippen LogP contribution is 2.38. The van der Waals surface area contributed by atoms with Crippen molar-refractivity contribution in [3.05, 3.63) is 51.9 Å². The van der Waals surface area contributed by atoms with E-state index in [9.17, 15) is 4.79 Å². The number of aliphatic imine (C=N–C) groups is 1. The van der Waals surface area contributed by atoms with Gasteiger partial charge in [-0.3, -0.25) is 9.69 Å². The van der Waals surface area contributed by atoms with Crippen LogP contribution in [0.2, 0.25) is 5.02 Å². The molecule has 164 valence electrons. The maximum absolute atomic E-state index is 13.0. The number of amidine groups is 1. The normalized spacial score (nSPS) is 16.3. The smallest absolute Gasteiger partial charge is 0.266 e. The number of amides is 1. The molecule has 0 saturated carbocycles. The van der Waals surface area contributed by atoms with Gasteiger partial charge in [0.15, 0.2) is 16.7 Å². The van der Waals surface area contributed by atoms with Gasteiger partial charge in [-0.25, -0.2) is 4.99 Å². The van der Waals surface area contributed by atoms with Gasteiger partial charge in [0.2, 0.25) is 0 Å². The van der Waals surface area contributed by atoms with Crippen LogP contribution < -0.4 is 14.2 Å². The molecule has 2 aromatic rings. The summed E-state index contributed by atoms with van der Waals surface area (Å²) in [4.78, 5) is 19.8. The molecule has 0 aromatic heterocycles. The molecule has 1 saturated heterocycles. The van der Waals surface area contributed by atoms with Crippen LogP contribution in [0, 0.1) is 0 Å². The van der Waals surface area contributed by atoms with E-state index in [1.807, 2.05) is 45.0 Å². The summed E-state index contributed by atoms with van der Waals surface area (Å²) in [6, 6.07) is 10.9. The van der Waals surface area contributed by atoms with E-state index in [4.69, 9.17) is 25.8 Å². The lowest BCUT2D eigenvalue weighted by Gasteiger charge is -2.12. The number of carbonyl (C=O) groups is 1. The SMILES string of the molecule is CCOc1ccc(N=C2S/C(=C\c3cc(OC)c(OCC)cc3Cl)C(=O)N2CC)cc1. The van der Waals surface area contributed by atoms with E-state index >= 15 is 0 Å². The summed E-state index contributed by atoms with van der Waals surface area (Å²) in [5.74, 6) is 1.80. The molecule has 6 nitrogen and oxygen atoms in total. The number of hydrogen-bond donors (Lipinski definition) is 0. The lowest BCUT2D eigenvalue weighted by Crippen LogP contribution is -2.28. The quantitative estimate of drug-likeness (QED) is 0.468. The van der Waals surface area contributed by atoms with Crippen molar-refractivity contribution >= 4 is 46.2 Å². The molecule has 2 aromatic carbocycles. The third kappa shape index (κ3) is 5.35. The van der Waals surface area contributed by atoms with Crippen LogP contribution in [0.1, 0.15) is 26.3 Å². The number of hydrogen-bond acceptors (Lipinski definition) is 6. The Balaban J connectivity index is 1.91. The zero-order chi connectivity index (χ0) is 22.4. The monoisotopic (exact) mass is 460 g/mol. The van der Waals surface area contributed by atoms with Crippen LogP contribution in [0.4, 0.5) is 5.69 Å². The summed E-state index contributed by atoms with van der Waals surface area (Å²) >= 11 is 7.76. The number of halogens is 1. The van der Waals surface area contributed by atoms with E-state index < -0.39 is 0 Å². The first-order chi connectivity index (χ1) is 15.0. The fourth-order valence-corrected chi connectivity index (χ4v) is 4.26. The van der Waals surface area contributed by atoms with Crippen molar-refractivity contribution in [1.82, 2.24) is 4.90 Å². The molecule has 0 N–H and O–H groups in total. The minimum atomic E-state index is -0.110. The highest BCUT2D eigenvalue weighted by molar-refractivity contribution is 8.18. The molecule has 3 rings (SSSR count). The molecule has 1 aliphatic rings. The van der Waals surface area contributed by atoms with Gasteiger partial charge in [0, 0.05) is 12.6 Å². The van der Waals surface area contributed by atoms with Gasteiger partial charge in [-0.2, -0.15) is 0 Å². The summed E-state index contributed by atoms with van der Waals surface area (Å²) in [5.41, 5.74) is 1.43. The van der Waals surface area contributed by atoms with E-state index in [0.717, 1.165) is 11.4 Å². The lowest BCUT2D eigenvalue weighted by atomic mass is 10.1. The van der Waals surface area contributed by atoms with Crippen molar-refractivity contribution in [2.45, 2.75) is 20.8 Å². The molecule has 0 unspecified atom stereocenters. The van der Waals surface area contributed by atoms with E-state index in [1.165, 1.54) is 11.8 Å². The second-order valence-electron chi connectivity index (χ2n) is 6.44. The van der Waals surface area contributed by atoms with E-state index in [2.05, 4.69) is 4.99 Å². The van der Waals surface area contributed by atoms with E-state index in [-0.39, 0.29) is 5.91 Å². The number of thioether (sulfide) groups is 1. The van der Waals surface area contributed by atoms with Gasteiger partial charge in [-0.1, -0.05) is 11.6 Å². The number of methoxy groups -OCH3 is 1. The molecule has 0 atom stereocenters. The van der Waals surface area contributed by atoms with Crippen molar-refractivity contribution in [2.24, 2.45) is 4.99 Å². The number of nitrogens with zero attached hydrogens (tertiary/aromatic N) is 2. The summed E-state index contributed by atoms with van der Waals surface area (Å²) in [6.07, 6.45) is 1.76. The van der Waals surface area contributed by atoms with Crippen LogP contribution in [0.25, 0.3) is 6.08 Å². The molecule has 0 radical (unpaired) electrons. The fraction of sp³-hybridized carbons (Fsp3) is 0.304. The Morgan fingerprint density at radius 3 is 2.39 bits per heavy atom. The molecule has 1 fully saturated rings. The molecule has 0 bridgehead atoms. The van der Waals surface area contributed by atoms with Gasteiger partial charge >= 0.3 is 0 Å². The Labute approximate surface area is 191 Å². The summed E-state index contributed by atoms with van der Waals surface area (Å²) in [7, 11) is 1.57. The summed E-state index contributed by atoms with van der Waals surface area (Å²) in [6.45, 7) is 7.37. The van der Waals surface area contributed by atoms with Crippen molar-refractivity contribution in [3.63, 3.8) is 0 Å². The van der Waals surface area contributed by atoms with E-state index in [1.54, 1.807) is 30.2 Å². The standard InChI is InChI=1S/C23H25ClN2O4S/c1-5-26-22(27)21(13-15-12-19(28-4)20(30-7-3)14-18(15)24)31-23(26)25-16-8-10-17(11-9-16)29-6-2/h8-14H,5-7H2,1-4H3/b21-13-,25-23?. The highest BCUT2D eigenvalue weighted by atomic mass is 35.5. The summed E-state index contributed by atoms with van der Waals surface area (Å²) in [5, 5.41) is 1.10. The van der Waals surface area contributed by atoms with Crippen LogP contribution in [0.5, 0.6) is 17.2 Å². The highest BCUT2D eigenvalue weighted by Gasteiger charge is 2.32. The molecule has 0 aliphatic carbocycles. The number of ether oxygens (including phenoxy) is 3. The van der Waals surface area contributed by atoms with Gasteiger partial charge in [-0.15, -0.1) is 0 Å². The lowest BCUT2D eigenvalue weighted by molar-refractivity contribution is -0.122. The van der Waals surface area contributed by atoms with Crippen LogP contribution >= 0.6 is 23.4 Å². The Kier molecular flexibility index (Phi) is 7.87. The van der Waals surface area contributed by atoms with Gasteiger partial charge < -0.3 is 14.2 Å². The zero-order valence-corrected chi connectivity index (χ0v) is 19.5. The first-order valence-corrected chi connectivity index (χ1v) is 11.2. The Morgan fingerprint density at radius 2 is 1.77 bits per heavy atom. The number of carbonyl (C=O) groups excluding carboxylic acids is 1. The fourth-order valence-electron chi connectivity index (χ4n) is 2.99. The van der Waals surface area contributed by atoms with E-state index in [0.29, 0.717) is 51.9 Å². The van der Waals surface area contributed by atoms with Crippen molar-refractivity contribution < 1.29 is 19.0 Å². The predicted molar refractivity (Wildman–Crippen MR) is 127 cm³/mol. The minimum Gasteiger partial charge on any atom is -0.494 e. The first-order valence-electron chi connectivity index (χ1n) is 10.0. The largest absolute Gasteiger partial charge is 0.494 e. The second kappa shape index (κ2) is 10.6. The number of likely N-dealkylation sites (N-methyl/N-ethyl adjacent to an activating group) is 1. The average Bonchev–Trinajstić information content (AvgIpc) is 3.05. The van der Waals surface area contributed by atoms with Crippen LogP contribution in [0.15, 0.2) is 46.3 Å². The molecule has 1 aliphatic heterocycles. The zero-order valence-electron chi connectivity index (χ0n) is 18.0. The molecule has 0 spiro atoms. The second-order valence-corrected chi connectivity index (χ2v) is 7.86. The maximum Gasteiger partial charge on any atom is 0.266 e. The molecular weight excluding hydrogens is 436 g/mol. The predicted octanol–water partition coefficient (Wildman–Crippen LogP) is 5.77. The minimum absolute atomic E-state index is 0.110. The van der Waals surface area contributed by atoms with Gasteiger partial charge in [0.1, 0.15) is 5.75 Å². The molecule has 8 heteroatoms. The number of benzene rings is 2. The Morgan fingerprint density at radius 1 is 1.06 bits per heavy atom.